The number of aryl methyl sites for hydroxylation is 1. The SMILES string of the molecule is O=C(O)CCCCC/C=C/CCCCCc1ccccc1. The molecule has 1 aromatic carbocycles. The van der Waals surface area contributed by atoms with Gasteiger partial charge < -0.3 is 5.11 Å². The monoisotopic (exact) mass is 288 g/mol. The molecule has 0 saturated carbocycles. The summed E-state index contributed by atoms with van der Waals surface area (Å²) in [7, 11) is 0. The summed E-state index contributed by atoms with van der Waals surface area (Å²) in [5.74, 6) is -0.680. The summed E-state index contributed by atoms with van der Waals surface area (Å²) < 4.78 is 0. The molecule has 0 unspecified atom stereocenters. The Morgan fingerprint density at radius 2 is 1.48 bits per heavy atom. The number of unbranched alkanes of at least 4 members (excludes halogenated alkanes) is 6. The molecule has 0 atom stereocenters. The van der Waals surface area contributed by atoms with Crippen LogP contribution in [-0.4, -0.2) is 11.1 Å². The van der Waals surface area contributed by atoms with E-state index in [2.05, 4.69) is 42.5 Å². The highest BCUT2D eigenvalue weighted by Crippen LogP contribution is 2.09. The fourth-order valence-electron chi connectivity index (χ4n) is 2.36. The molecule has 0 bridgehead atoms. The molecule has 0 aliphatic carbocycles. The molecular weight excluding hydrogens is 260 g/mol. The smallest absolute Gasteiger partial charge is 0.303 e. The number of rotatable bonds is 12. The third-order valence-corrected chi connectivity index (χ3v) is 3.61. The summed E-state index contributed by atoms with van der Waals surface area (Å²) in [6.45, 7) is 0. The first-order valence-electron chi connectivity index (χ1n) is 8.20. The molecular formula is C19H28O2. The van der Waals surface area contributed by atoms with Crippen LogP contribution in [0.15, 0.2) is 42.5 Å². The van der Waals surface area contributed by atoms with Crippen LogP contribution in [0, 0.1) is 0 Å². The van der Waals surface area contributed by atoms with Crippen molar-refractivity contribution in [2.45, 2.75) is 64.2 Å². The normalized spacial score (nSPS) is 11.0. The Labute approximate surface area is 128 Å². The van der Waals surface area contributed by atoms with Crippen LogP contribution in [-0.2, 0) is 11.2 Å². The van der Waals surface area contributed by atoms with Crippen molar-refractivity contribution in [2.24, 2.45) is 0 Å². The predicted octanol–water partition coefficient (Wildman–Crippen LogP) is 5.38. The second-order valence-corrected chi connectivity index (χ2v) is 5.55. The van der Waals surface area contributed by atoms with E-state index in [0.717, 1.165) is 25.7 Å². The molecule has 1 aromatic rings. The van der Waals surface area contributed by atoms with Crippen LogP contribution < -0.4 is 0 Å². The van der Waals surface area contributed by atoms with Gasteiger partial charge in [-0.3, -0.25) is 4.79 Å². The van der Waals surface area contributed by atoms with E-state index in [9.17, 15) is 4.79 Å². The Balaban J connectivity index is 1.85. The van der Waals surface area contributed by atoms with Crippen molar-refractivity contribution in [1.29, 1.82) is 0 Å². The molecule has 21 heavy (non-hydrogen) atoms. The molecule has 0 heterocycles. The number of hydrogen-bond donors (Lipinski definition) is 1. The lowest BCUT2D eigenvalue weighted by atomic mass is 10.1. The average molecular weight is 288 g/mol. The maximum atomic E-state index is 10.3. The van der Waals surface area contributed by atoms with Gasteiger partial charge in [-0.25, -0.2) is 0 Å². The number of allylic oxidation sites excluding steroid dienone is 2. The molecule has 0 aliphatic heterocycles. The van der Waals surface area contributed by atoms with Gasteiger partial charge in [-0.1, -0.05) is 55.3 Å². The van der Waals surface area contributed by atoms with E-state index in [-0.39, 0.29) is 0 Å². The van der Waals surface area contributed by atoms with Crippen LogP contribution in [0.2, 0.25) is 0 Å². The molecule has 2 nitrogen and oxygen atoms in total. The van der Waals surface area contributed by atoms with E-state index in [1.165, 1.54) is 37.7 Å². The van der Waals surface area contributed by atoms with Crippen LogP contribution >= 0.6 is 0 Å². The second-order valence-electron chi connectivity index (χ2n) is 5.55. The van der Waals surface area contributed by atoms with Crippen molar-refractivity contribution in [3.05, 3.63) is 48.0 Å². The van der Waals surface area contributed by atoms with Crippen LogP contribution in [0.1, 0.15) is 63.4 Å². The fourth-order valence-corrected chi connectivity index (χ4v) is 2.36. The molecule has 0 spiro atoms. The maximum Gasteiger partial charge on any atom is 0.303 e. The zero-order chi connectivity index (χ0) is 15.2. The third kappa shape index (κ3) is 10.8. The minimum absolute atomic E-state index is 0.311. The lowest BCUT2D eigenvalue weighted by molar-refractivity contribution is -0.137. The van der Waals surface area contributed by atoms with Crippen LogP contribution in [0.3, 0.4) is 0 Å². The number of carboxylic acids is 1. The number of hydrogen-bond acceptors (Lipinski definition) is 1. The topological polar surface area (TPSA) is 37.3 Å². The molecule has 1 N–H and O–H groups in total. The van der Waals surface area contributed by atoms with Gasteiger partial charge in [0.25, 0.3) is 0 Å². The molecule has 0 radical (unpaired) electrons. The van der Waals surface area contributed by atoms with Gasteiger partial charge in [0.2, 0.25) is 0 Å². The minimum Gasteiger partial charge on any atom is -0.481 e. The summed E-state index contributed by atoms with van der Waals surface area (Å²) in [6, 6.07) is 10.7. The first kappa shape index (κ1) is 17.5. The summed E-state index contributed by atoms with van der Waals surface area (Å²) in [5.41, 5.74) is 1.44. The van der Waals surface area contributed by atoms with Crippen molar-refractivity contribution in [3.8, 4) is 0 Å². The van der Waals surface area contributed by atoms with Gasteiger partial charge in [0.05, 0.1) is 0 Å². The Bertz CT molecular complexity index is 395. The highest BCUT2D eigenvalue weighted by molar-refractivity contribution is 5.66. The molecule has 1 rings (SSSR count). The highest BCUT2D eigenvalue weighted by Gasteiger charge is 1.95. The van der Waals surface area contributed by atoms with Crippen molar-refractivity contribution < 1.29 is 9.90 Å². The summed E-state index contributed by atoms with van der Waals surface area (Å²) >= 11 is 0. The minimum atomic E-state index is -0.680. The molecule has 0 fully saturated rings. The highest BCUT2D eigenvalue weighted by atomic mass is 16.4. The van der Waals surface area contributed by atoms with Crippen LogP contribution in [0.4, 0.5) is 0 Å². The van der Waals surface area contributed by atoms with E-state index < -0.39 is 5.97 Å². The zero-order valence-electron chi connectivity index (χ0n) is 13.0. The quantitative estimate of drug-likeness (QED) is 0.414. The van der Waals surface area contributed by atoms with E-state index >= 15 is 0 Å². The zero-order valence-corrected chi connectivity index (χ0v) is 13.0. The van der Waals surface area contributed by atoms with Crippen molar-refractivity contribution >= 4 is 5.97 Å². The summed E-state index contributed by atoms with van der Waals surface area (Å²) in [5, 5.41) is 8.52. The fraction of sp³-hybridized carbons (Fsp3) is 0.526. The lowest BCUT2D eigenvalue weighted by Gasteiger charge is -2.00. The first-order chi connectivity index (χ1) is 10.3. The number of carbonyl (C=O) groups is 1. The van der Waals surface area contributed by atoms with E-state index in [4.69, 9.17) is 5.11 Å². The van der Waals surface area contributed by atoms with Gasteiger partial charge >= 0.3 is 5.97 Å². The number of carboxylic acid groups (broad SMARTS) is 1. The van der Waals surface area contributed by atoms with Gasteiger partial charge in [-0.2, -0.15) is 0 Å². The summed E-state index contributed by atoms with van der Waals surface area (Å²) in [4.78, 5) is 10.3. The van der Waals surface area contributed by atoms with Crippen LogP contribution in [0.25, 0.3) is 0 Å². The van der Waals surface area contributed by atoms with E-state index in [1.807, 2.05) is 0 Å². The lowest BCUT2D eigenvalue weighted by Crippen LogP contribution is -1.93. The standard InChI is InChI=1S/C19H28O2/c20-19(21)17-13-8-6-4-2-1-3-5-7-10-14-18-15-11-9-12-16-18/h1-2,9,11-12,15-16H,3-8,10,13-14,17H2,(H,20,21)/b2-1+. The van der Waals surface area contributed by atoms with Gasteiger partial charge in [0, 0.05) is 6.42 Å². The molecule has 116 valence electrons. The first-order valence-corrected chi connectivity index (χ1v) is 8.20. The number of benzene rings is 1. The summed E-state index contributed by atoms with van der Waals surface area (Å²) in [6.07, 6.45) is 15.0. The van der Waals surface area contributed by atoms with Gasteiger partial charge in [0.15, 0.2) is 0 Å². The third-order valence-electron chi connectivity index (χ3n) is 3.61. The Morgan fingerprint density at radius 3 is 2.10 bits per heavy atom. The maximum absolute atomic E-state index is 10.3. The number of aliphatic carboxylic acids is 1. The molecule has 0 aliphatic rings. The van der Waals surface area contributed by atoms with E-state index in [0.29, 0.717) is 6.42 Å². The van der Waals surface area contributed by atoms with Crippen molar-refractivity contribution in [1.82, 2.24) is 0 Å². The average Bonchev–Trinajstić information content (AvgIpc) is 2.49. The predicted molar refractivity (Wildman–Crippen MR) is 88.5 cm³/mol. The molecule has 0 amide bonds. The molecule has 0 saturated heterocycles. The Morgan fingerprint density at radius 1 is 0.857 bits per heavy atom. The second kappa shape index (κ2) is 12.2. The van der Waals surface area contributed by atoms with Gasteiger partial charge in [0.1, 0.15) is 0 Å². The van der Waals surface area contributed by atoms with E-state index in [1.54, 1.807) is 0 Å². The molecule has 2 heteroatoms. The van der Waals surface area contributed by atoms with Crippen molar-refractivity contribution in [2.75, 3.05) is 0 Å². The van der Waals surface area contributed by atoms with Gasteiger partial charge in [-0.15, -0.1) is 0 Å². The Hall–Kier alpha value is -1.57. The van der Waals surface area contributed by atoms with Crippen molar-refractivity contribution in [3.63, 3.8) is 0 Å². The molecule has 0 aromatic heterocycles. The Kier molecular flexibility index (Phi) is 10.1. The largest absolute Gasteiger partial charge is 0.481 e. The van der Waals surface area contributed by atoms with Crippen LogP contribution in [0.5, 0.6) is 0 Å². The van der Waals surface area contributed by atoms with Gasteiger partial charge in [-0.05, 0) is 50.5 Å².